The maximum Gasteiger partial charge on any atom is 0.305 e. The molecule has 2 rings (SSSR count). The largest absolute Gasteiger partial charge is 0.491 e. The molecule has 1 aromatic rings. The van der Waals surface area contributed by atoms with Crippen LogP contribution in [-0.2, 0) is 9.59 Å². The summed E-state index contributed by atoms with van der Waals surface area (Å²) in [5.74, 6) is -0.199. The van der Waals surface area contributed by atoms with E-state index in [2.05, 4.69) is 5.32 Å². The number of carboxylic acid groups (broad SMARTS) is 1. The van der Waals surface area contributed by atoms with Gasteiger partial charge < -0.3 is 15.2 Å². The third-order valence-electron chi connectivity index (χ3n) is 4.33. The summed E-state index contributed by atoms with van der Waals surface area (Å²) >= 11 is 0. The summed E-state index contributed by atoms with van der Waals surface area (Å²) in [5.41, 5.74) is 0.790. The number of carbonyl (C=O) groups excluding carboxylic acids is 1. The Morgan fingerprint density at radius 2 is 1.79 bits per heavy atom. The molecule has 0 aliphatic heterocycles. The van der Waals surface area contributed by atoms with E-state index in [9.17, 15) is 9.59 Å². The highest BCUT2D eigenvalue weighted by molar-refractivity contribution is 5.80. The van der Waals surface area contributed by atoms with Crippen molar-refractivity contribution in [3.63, 3.8) is 0 Å². The number of ether oxygens (including phenoxy) is 1. The highest BCUT2D eigenvalue weighted by atomic mass is 16.5. The lowest BCUT2D eigenvalue weighted by Gasteiger charge is -2.24. The predicted molar refractivity (Wildman–Crippen MR) is 91.9 cm³/mol. The minimum absolute atomic E-state index is 0.0126. The molecule has 0 radical (unpaired) electrons. The fraction of sp³-hybridized carbons (Fsp3) is 0.579. The lowest BCUT2D eigenvalue weighted by Crippen LogP contribution is -2.35. The predicted octanol–water partition coefficient (Wildman–Crippen LogP) is 3.69. The zero-order valence-electron chi connectivity index (χ0n) is 14.5. The Kier molecular flexibility index (Phi) is 6.64. The summed E-state index contributed by atoms with van der Waals surface area (Å²) in [4.78, 5) is 23.6. The second-order valence-electron chi connectivity index (χ2n) is 6.73. The Hall–Kier alpha value is -2.04. The van der Waals surface area contributed by atoms with Crippen LogP contribution in [0.15, 0.2) is 24.3 Å². The van der Waals surface area contributed by atoms with Crippen molar-refractivity contribution in [1.29, 1.82) is 0 Å². The van der Waals surface area contributed by atoms with Crippen LogP contribution >= 0.6 is 0 Å². The van der Waals surface area contributed by atoms with Crippen LogP contribution in [0.3, 0.4) is 0 Å². The van der Waals surface area contributed by atoms with Gasteiger partial charge >= 0.3 is 5.97 Å². The van der Waals surface area contributed by atoms with Crippen molar-refractivity contribution in [1.82, 2.24) is 5.32 Å². The monoisotopic (exact) mass is 333 g/mol. The summed E-state index contributed by atoms with van der Waals surface area (Å²) < 4.78 is 5.60. The minimum Gasteiger partial charge on any atom is -0.491 e. The number of aliphatic carboxylic acids is 1. The number of carboxylic acids is 1. The van der Waals surface area contributed by atoms with Crippen LogP contribution < -0.4 is 10.1 Å². The molecule has 5 heteroatoms. The molecular formula is C19H27NO4. The third-order valence-corrected chi connectivity index (χ3v) is 4.33. The molecule has 1 aliphatic rings. The fourth-order valence-electron chi connectivity index (χ4n) is 3.13. The Balaban J connectivity index is 2.06. The van der Waals surface area contributed by atoms with Crippen LogP contribution in [-0.4, -0.2) is 23.1 Å². The molecule has 1 aromatic carbocycles. The van der Waals surface area contributed by atoms with Crippen LogP contribution in [0.25, 0.3) is 0 Å². The van der Waals surface area contributed by atoms with Crippen molar-refractivity contribution in [2.45, 2.75) is 64.5 Å². The molecule has 0 aromatic heterocycles. The molecule has 0 spiro atoms. The summed E-state index contributed by atoms with van der Waals surface area (Å²) in [6.45, 7) is 3.90. The van der Waals surface area contributed by atoms with Gasteiger partial charge in [-0.25, -0.2) is 0 Å². The van der Waals surface area contributed by atoms with E-state index in [0.717, 1.165) is 37.0 Å². The SMILES string of the molecule is CC(C)Oc1ccc([C@@H](CC(=O)O)NC(=O)C2CCCCC2)cc1. The van der Waals surface area contributed by atoms with Crippen LogP contribution in [0.2, 0.25) is 0 Å². The van der Waals surface area contributed by atoms with Gasteiger partial charge in [0.2, 0.25) is 5.91 Å². The maximum atomic E-state index is 12.4. The molecule has 0 unspecified atom stereocenters. The minimum atomic E-state index is -0.925. The molecule has 0 saturated heterocycles. The molecule has 1 fully saturated rings. The van der Waals surface area contributed by atoms with E-state index in [1.807, 2.05) is 38.1 Å². The van der Waals surface area contributed by atoms with Gasteiger partial charge in [-0.1, -0.05) is 31.4 Å². The van der Waals surface area contributed by atoms with Crippen molar-refractivity contribution >= 4 is 11.9 Å². The van der Waals surface area contributed by atoms with Crippen molar-refractivity contribution < 1.29 is 19.4 Å². The normalized spacial score (nSPS) is 16.6. The molecule has 2 N–H and O–H groups in total. The highest BCUT2D eigenvalue weighted by Crippen LogP contribution is 2.26. The van der Waals surface area contributed by atoms with E-state index in [4.69, 9.17) is 9.84 Å². The van der Waals surface area contributed by atoms with Gasteiger partial charge in [0.05, 0.1) is 18.6 Å². The molecule has 132 valence electrons. The maximum absolute atomic E-state index is 12.4. The molecule has 1 atom stereocenters. The van der Waals surface area contributed by atoms with E-state index in [1.165, 1.54) is 6.42 Å². The number of amides is 1. The number of carbonyl (C=O) groups is 2. The second-order valence-corrected chi connectivity index (χ2v) is 6.73. The number of hydrogen-bond acceptors (Lipinski definition) is 3. The lowest BCUT2D eigenvalue weighted by molar-refractivity contribution is -0.138. The summed E-state index contributed by atoms with van der Waals surface area (Å²) in [7, 11) is 0. The first-order valence-electron chi connectivity index (χ1n) is 8.74. The first-order chi connectivity index (χ1) is 11.5. The molecule has 1 aliphatic carbocycles. The van der Waals surface area contributed by atoms with E-state index < -0.39 is 12.0 Å². The van der Waals surface area contributed by atoms with Crippen LogP contribution in [0.4, 0.5) is 0 Å². The average molecular weight is 333 g/mol. The lowest BCUT2D eigenvalue weighted by atomic mass is 9.88. The van der Waals surface area contributed by atoms with Crippen LogP contribution in [0, 0.1) is 5.92 Å². The summed E-state index contributed by atoms with van der Waals surface area (Å²) in [5, 5.41) is 12.1. The molecule has 1 saturated carbocycles. The van der Waals surface area contributed by atoms with Gasteiger partial charge in [-0.3, -0.25) is 9.59 Å². The van der Waals surface area contributed by atoms with Gasteiger partial charge in [-0.15, -0.1) is 0 Å². The van der Waals surface area contributed by atoms with E-state index in [0.29, 0.717) is 0 Å². The van der Waals surface area contributed by atoms with Crippen molar-refractivity contribution in [2.24, 2.45) is 5.92 Å². The van der Waals surface area contributed by atoms with Gasteiger partial charge in [-0.05, 0) is 44.4 Å². The Morgan fingerprint density at radius 3 is 2.33 bits per heavy atom. The average Bonchev–Trinajstić information content (AvgIpc) is 2.55. The number of rotatable bonds is 7. The first kappa shape index (κ1) is 18.3. The Morgan fingerprint density at radius 1 is 1.17 bits per heavy atom. The molecule has 5 nitrogen and oxygen atoms in total. The topological polar surface area (TPSA) is 75.6 Å². The van der Waals surface area contributed by atoms with Gasteiger partial charge in [0.1, 0.15) is 5.75 Å². The quantitative estimate of drug-likeness (QED) is 0.798. The highest BCUT2D eigenvalue weighted by Gasteiger charge is 2.25. The van der Waals surface area contributed by atoms with Crippen molar-refractivity contribution in [2.75, 3.05) is 0 Å². The van der Waals surface area contributed by atoms with E-state index >= 15 is 0 Å². The Labute approximate surface area is 143 Å². The number of nitrogens with one attached hydrogen (secondary N) is 1. The van der Waals surface area contributed by atoms with Gasteiger partial charge in [0.25, 0.3) is 0 Å². The van der Waals surface area contributed by atoms with E-state index in [1.54, 1.807) is 0 Å². The third kappa shape index (κ3) is 5.55. The molecule has 0 bridgehead atoms. The number of benzene rings is 1. The smallest absolute Gasteiger partial charge is 0.305 e. The standard InChI is InChI=1S/C19H27NO4/c1-13(2)24-16-10-8-14(9-11-16)17(12-18(21)22)20-19(23)15-6-4-3-5-7-15/h8-11,13,15,17H,3-7,12H2,1-2H3,(H,20,23)(H,21,22)/t17-/m1/s1. The molecule has 24 heavy (non-hydrogen) atoms. The van der Waals surface area contributed by atoms with Crippen LogP contribution in [0.5, 0.6) is 5.75 Å². The second kappa shape index (κ2) is 8.71. The van der Waals surface area contributed by atoms with Gasteiger partial charge in [-0.2, -0.15) is 0 Å². The molecule has 0 heterocycles. The molecule has 1 amide bonds. The first-order valence-corrected chi connectivity index (χ1v) is 8.74. The van der Waals surface area contributed by atoms with Gasteiger partial charge in [0, 0.05) is 5.92 Å². The van der Waals surface area contributed by atoms with Crippen molar-refractivity contribution in [3.8, 4) is 5.75 Å². The fourth-order valence-corrected chi connectivity index (χ4v) is 3.13. The zero-order chi connectivity index (χ0) is 17.5. The summed E-state index contributed by atoms with van der Waals surface area (Å²) in [6.07, 6.45) is 5.07. The zero-order valence-corrected chi connectivity index (χ0v) is 14.5. The van der Waals surface area contributed by atoms with Gasteiger partial charge in [0.15, 0.2) is 0 Å². The Bertz CT molecular complexity index is 547. The van der Waals surface area contributed by atoms with E-state index in [-0.39, 0.29) is 24.3 Å². The van der Waals surface area contributed by atoms with Crippen molar-refractivity contribution in [3.05, 3.63) is 29.8 Å². The number of hydrogen-bond donors (Lipinski definition) is 2. The van der Waals surface area contributed by atoms with Crippen LogP contribution in [0.1, 0.15) is 64.0 Å². The molecular weight excluding hydrogens is 306 g/mol. The summed E-state index contributed by atoms with van der Waals surface area (Å²) in [6, 6.07) is 6.78.